The number of benzene rings is 1. The molecule has 0 atom stereocenters. The summed E-state index contributed by atoms with van der Waals surface area (Å²) in [6, 6.07) is 3.56. The summed E-state index contributed by atoms with van der Waals surface area (Å²) in [5, 5.41) is 4.71. The molecule has 6 nitrogen and oxygen atoms in total. The lowest BCUT2D eigenvalue weighted by atomic mass is 10.1. The number of anilines is 1. The third-order valence-corrected chi connectivity index (χ3v) is 4.47. The molecule has 9 heteroatoms. The highest BCUT2D eigenvalue weighted by Gasteiger charge is 2.31. The maximum absolute atomic E-state index is 13.1. The summed E-state index contributed by atoms with van der Waals surface area (Å²) >= 11 is 0. The Hall–Kier alpha value is -2.42. The first-order valence-electron chi connectivity index (χ1n) is 8.01. The molecule has 132 valence electrons. The number of rotatable bonds is 1. The van der Waals surface area contributed by atoms with Gasteiger partial charge in [0.15, 0.2) is 5.65 Å². The summed E-state index contributed by atoms with van der Waals surface area (Å²) in [5.74, 6) is 1.12. The number of likely N-dealkylation sites (N-methyl/N-ethyl adjacent to an activating group) is 1. The van der Waals surface area contributed by atoms with Crippen LogP contribution in [0, 0.1) is 6.92 Å². The molecular formula is C16H17F3N6. The van der Waals surface area contributed by atoms with Crippen LogP contribution >= 0.6 is 0 Å². The van der Waals surface area contributed by atoms with Crippen molar-refractivity contribution >= 4 is 22.5 Å². The van der Waals surface area contributed by atoms with Gasteiger partial charge in [-0.3, -0.25) is 0 Å². The average molecular weight is 350 g/mol. The number of halogens is 3. The predicted molar refractivity (Wildman–Crippen MR) is 87.7 cm³/mol. The highest BCUT2D eigenvalue weighted by atomic mass is 19.4. The van der Waals surface area contributed by atoms with Gasteiger partial charge in [-0.1, -0.05) is 0 Å². The molecule has 0 unspecified atom stereocenters. The Morgan fingerprint density at radius 1 is 1.04 bits per heavy atom. The van der Waals surface area contributed by atoms with E-state index in [1.54, 1.807) is 11.4 Å². The van der Waals surface area contributed by atoms with Crippen LogP contribution in [-0.2, 0) is 6.18 Å². The Bertz CT molecular complexity index is 940. The second-order valence-electron chi connectivity index (χ2n) is 6.33. The molecule has 2 aromatic heterocycles. The van der Waals surface area contributed by atoms with Crippen LogP contribution in [0.1, 0.15) is 11.4 Å². The SMILES string of the molecule is Cc1nc2c3cc(C(F)(F)F)ccc3nc(N3CCN(C)CC3)n2n1. The Morgan fingerprint density at radius 2 is 1.76 bits per heavy atom. The molecule has 0 bridgehead atoms. The first kappa shape index (κ1) is 16.1. The maximum atomic E-state index is 13.1. The van der Waals surface area contributed by atoms with E-state index in [0.29, 0.717) is 28.3 Å². The lowest BCUT2D eigenvalue weighted by Crippen LogP contribution is -2.45. The van der Waals surface area contributed by atoms with Crippen LogP contribution in [0.5, 0.6) is 0 Å². The molecule has 1 saturated heterocycles. The van der Waals surface area contributed by atoms with E-state index in [0.717, 1.165) is 38.3 Å². The fraction of sp³-hybridized carbons (Fsp3) is 0.438. The van der Waals surface area contributed by atoms with Crippen LogP contribution in [0.4, 0.5) is 19.1 Å². The molecule has 0 amide bonds. The van der Waals surface area contributed by atoms with Crippen molar-refractivity contribution in [2.45, 2.75) is 13.1 Å². The summed E-state index contributed by atoms with van der Waals surface area (Å²) in [5.41, 5.74) is 0.182. The maximum Gasteiger partial charge on any atom is 0.416 e. The number of aryl methyl sites for hydroxylation is 1. The minimum atomic E-state index is -4.41. The number of piperazine rings is 1. The lowest BCUT2D eigenvalue weighted by molar-refractivity contribution is -0.137. The number of aromatic nitrogens is 4. The van der Waals surface area contributed by atoms with Crippen LogP contribution in [0.2, 0.25) is 0 Å². The van der Waals surface area contributed by atoms with Gasteiger partial charge in [-0.05, 0) is 32.2 Å². The molecule has 3 heterocycles. The summed E-state index contributed by atoms with van der Waals surface area (Å²) in [6.45, 7) is 5.07. The largest absolute Gasteiger partial charge is 0.416 e. The van der Waals surface area contributed by atoms with Gasteiger partial charge in [0, 0.05) is 31.6 Å². The van der Waals surface area contributed by atoms with Crippen LogP contribution in [0.3, 0.4) is 0 Å². The fourth-order valence-corrected chi connectivity index (χ4v) is 3.08. The van der Waals surface area contributed by atoms with E-state index in [9.17, 15) is 13.2 Å². The van der Waals surface area contributed by atoms with Gasteiger partial charge in [0.2, 0.25) is 5.95 Å². The third kappa shape index (κ3) is 2.78. The van der Waals surface area contributed by atoms with Crippen molar-refractivity contribution < 1.29 is 13.2 Å². The van der Waals surface area contributed by atoms with E-state index in [1.165, 1.54) is 6.07 Å². The summed E-state index contributed by atoms with van der Waals surface area (Å²) in [7, 11) is 2.05. The Balaban J connectivity index is 1.92. The molecule has 0 spiro atoms. The van der Waals surface area contributed by atoms with E-state index in [1.807, 2.05) is 0 Å². The Labute approximate surface area is 141 Å². The molecule has 25 heavy (non-hydrogen) atoms. The van der Waals surface area contributed by atoms with Gasteiger partial charge in [0.25, 0.3) is 0 Å². The average Bonchev–Trinajstić information content (AvgIpc) is 2.95. The Morgan fingerprint density at radius 3 is 2.44 bits per heavy atom. The second-order valence-corrected chi connectivity index (χ2v) is 6.33. The van der Waals surface area contributed by atoms with Gasteiger partial charge >= 0.3 is 6.18 Å². The van der Waals surface area contributed by atoms with Gasteiger partial charge in [-0.2, -0.15) is 17.7 Å². The topological polar surface area (TPSA) is 49.6 Å². The zero-order chi connectivity index (χ0) is 17.8. The molecular weight excluding hydrogens is 333 g/mol. The fourth-order valence-electron chi connectivity index (χ4n) is 3.08. The van der Waals surface area contributed by atoms with E-state index in [4.69, 9.17) is 0 Å². The van der Waals surface area contributed by atoms with Gasteiger partial charge in [-0.15, -0.1) is 5.10 Å². The third-order valence-electron chi connectivity index (χ3n) is 4.47. The standard InChI is InChI=1S/C16H17F3N6/c1-10-20-14-12-9-11(16(17,18)19)3-4-13(12)21-15(25(14)22-10)24-7-5-23(2)6-8-24/h3-4,9H,5-8H2,1-2H3. The number of alkyl halides is 3. The molecule has 1 aliphatic rings. The van der Waals surface area contributed by atoms with Crippen molar-refractivity contribution in [2.24, 2.45) is 0 Å². The monoisotopic (exact) mass is 350 g/mol. The zero-order valence-corrected chi connectivity index (χ0v) is 13.9. The summed E-state index contributed by atoms with van der Waals surface area (Å²) in [4.78, 5) is 13.2. The molecule has 0 N–H and O–H groups in total. The quantitative estimate of drug-likeness (QED) is 0.674. The molecule has 0 aliphatic carbocycles. The van der Waals surface area contributed by atoms with Gasteiger partial charge < -0.3 is 9.80 Å². The summed E-state index contributed by atoms with van der Waals surface area (Å²) in [6.07, 6.45) is -4.41. The van der Waals surface area contributed by atoms with Crippen LogP contribution in [0.25, 0.3) is 16.6 Å². The minimum absolute atomic E-state index is 0.355. The number of hydrogen-bond donors (Lipinski definition) is 0. The van der Waals surface area contributed by atoms with E-state index < -0.39 is 11.7 Å². The molecule has 1 aliphatic heterocycles. The molecule has 1 fully saturated rings. The predicted octanol–water partition coefficient (Wildman–Crippen LogP) is 2.36. The summed E-state index contributed by atoms with van der Waals surface area (Å²) < 4.78 is 40.7. The van der Waals surface area contributed by atoms with Crippen molar-refractivity contribution in [1.29, 1.82) is 0 Å². The highest BCUT2D eigenvalue weighted by Crippen LogP contribution is 2.33. The van der Waals surface area contributed by atoms with Gasteiger partial charge in [0.1, 0.15) is 5.82 Å². The Kier molecular flexibility index (Phi) is 3.57. The van der Waals surface area contributed by atoms with Crippen molar-refractivity contribution in [1.82, 2.24) is 24.5 Å². The van der Waals surface area contributed by atoms with Crippen LogP contribution in [0.15, 0.2) is 18.2 Å². The molecule has 3 aromatic rings. The molecule has 4 rings (SSSR count). The van der Waals surface area contributed by atoms with Gasteiger partial charge in [0.05, 0.1) is 11.1 Å². The van der Waals surface area contributed by atoms with Crippen molar-refractivity contribution in [3.05, 3.63) is 29.6 Å². The van der Waals surface area contributed by atoms with Gasteiger partial charge in [-0.25, -0.2) is 9.97 Å². The molecule has 1 aromatic carbocycles. The van der Waals surface area contributed by atoms with Crippen LogP contribution < -0.4 is 4.90 Å². The lowest BCUT2D eigenvalue weighted by Gasteiger charge is -2.33. The first-order valence-corrected chi connectivity index (χ1v) is 8.01. The highest BCUT2D eigenvalue weighted by molar-refractivity contribution is 5.93. The second kappa shape index (κ2) is 5.55. The zero-order valence-electron chi connectivity index (χ0n) is 13.9. The number of fused-ring (bicyclic) bond motifs is 3. The van der Waals surface area contributed by atoms with Crippen LogP contribution in [-0.4, -0.2) is 57.7 Å². The smallest absolute Gasteiger partial charge is 0.338 e. The van der Waals surface area contributed by atoms with E-state index in [-0.39, 0.29) is 0 Å². The molecule has 0 saturated carbocycles. The molecule has 0 radical (unpaired) electrons. The van der Waals surface area contributed by atoms with Crippen molar-refractivity contribution in [3.8, 4) is 0 Å². The number of hydrogen-bond acceptors (Lipinski definition) is 5. The first-order chi connectivity index (χ1) is 11.8. The normalized spacial score (nSPS) is 16.9. The van der Waals surface area contributed by atoms with Crippen molar-refractivity contribution in [2.75, 3.05) is 38.1 Å². The minimum Gasteiger partial charge on any atom is -0.338 e. The number of nitrogens with zero attached hydrogens (tertiary/aromatic N) is 6. The van der Waals surface area contributed by atoms with Crippen molar-refractivity contribution in [3.63, 3.8) is 0 Å². The van der Waals surface area contributed by atoms with E-state index in [2.05, 4.69) is 31.9 Å². The van der Waals surface area contributed by atoms with E-state index >= 15 is 0 Å².